The van der Waals surface area contributed by atoms with E-state index < -0.39 is 0 Å². The second-order valence-electron chi connectivity index (χ2n) is 7.37. The van der Waals surface area contributed by atoms with E-state index >= 15 is 0 Å². The third-order valence-electron chi connectivity index (χ3n) is 5.56. The summed E-state index contributed by atoms with van der Waals surface area (Å²) in [6.45, 7) is 5.13. The van der Waals surface area contributed by atoms with E-state index in [4.69, 9.17) is 9.97 Å². The SMILES string of the molecule is Cc1cccnc1[C@H]1CCC[C@@H](c2ncccc2C)N1Cc1ccccn1. The molecule has 1 fully saturated rings. The molecule has 0 radical (unpaired) electrons. The molecule has 1 aliphatic heterocycles. The summed E-state index contributed by atoms with van der Waals surface area (Å²) in [5, 5.41) is 0. The third-order valence-corrected chi connectivity index (χ3v) is 5.56. The molecule has 0 amide bonds. The summed E-state index contributed by atoms with van der Waals surface area (Å²) in [5.41, 5.74) is 5.98. The van der Waals surface area contributed by atoms with Gasteiger partial charge in [-0.25, -0.2) is 0 Å². The summed E-state index contributed by atoms with van der Waals surface area (Å²) in [4.78, 5) is 16.7. The van der Waals surface area contributed by atoms with E-state index in [2.05, 4.69) is 48.0 Å². The summed E-state index contributed by atoms with van der Waals surface area (Å²) >= 11 is 0. The van der Waals surface area contributed by atoms with Gasteiger partial charge in [0.15, 0.2) is 0 Å². The van der Waals surface area contributed by atoms with E-state index in [1.54, 1.807) is 0 Å². The van der Waals surface area contributed by atoms with Crippen LogP contribution in [-0.4, -0.2) is 19.9 Å². The number of hydrogen-bond acceptors (Lipinski definition) is 4. The van der Waals surface area contributed by atoms with Crippen LogP contribution in [0.25, 0.3) is 0 Å². The van der Waals surface area contributed by atoms with Crippen LogP contribution >= 0.6 is 0 Å². The van der Waals surface area contributed by atoms with Gasteiger partial charge in [0.05, 0.1) is 29.2 Å². The standard InChI is InChI=1S/C23H26N4/c1-17-8-6-14-25-22(17)20-11-5-12-21(23-18(2)9-7-15-26-23)27(20)16-19-10-3-4-13-24-19/h3-4,6-10,13-15,20-21H,5,11-12,16H2,1-2H3/t20-,21+. The molecular formula is C23H26N4. The first-order valence-corrected chi connectivity index (χ1v) is 9.72. The molecule has 0 bridgehead atoms. The lowest BCUT2D eigenvalue weighted by Gasteiger charge is -2.42. The number of rotatable bonds is 4. The van der Waals surface area contributed by atoms with Crippen LogP contribution in [0.2, 0.25) is 0 Å². The van der Waals surface area contributed by atoms with Crippen LogP contribution in [-0.2, 0) is 6.54 Å². The van der Waals surface area contributed by atoms with Crippen molar-refractivity contribution in [1.82, 2.24) is 19.9 Å². The van der Waals surface area contributed by atoms with Crippen LogP contribution in [0.15, 0.2) is 61.1 Å². The monoisotopic (exact) mass is 358 g/mol. The Labute approximate surface area is 161 Å². The molecule has 3 aromatic heterocycles. The first-order valence-electron chi connectivity index (χ1n) is 9.72. The highest BCUT2D eigenvalue weighted by Crippen LogP contribution is 2.42. The van der Waals surface area contributed by atoms with Crippen molar-refractivity contribution in [3.63, 3.8) is 0 Å². The van der Waals surface area contributed by atoms with Crippen LogP contribution in [0, 0.1) is 13.8 Å². The van der Waals surface area contributed by atoms with E-state index in [0.717, 1.165) is 25.1 Å². The minimum Gasteiger partial charge on any atom is -0.280 e. The zero-order valence-electron chi connectivity index (χ0n) is 16.0. The highest BCUT2D eigenvalue weighted by Gasteiger charge is 2.35. The van der Waals surface area contributed by atoms with Gasteiger partial charge in [-0.05, 0) is 68.5 Å². The maximum absolute atomic E-state index is 4.76. The fourth-order valence-electron chi connectivity index (χ4n) is 4.23. The quantitative estimate of drug-likeness (QED) is 0.661. The van der Waals surface area contributed by atoms with Crippen molar-refractivity contribution in [2.24, 2.45) is 0 Å². The molecule has 0 aromatic carbocycles. The minimum atomic E-state index is 0.286. The van der Waals surface area contributed by atoms with Gasteiger partial charge in [0.25, 0.3) is 0 Å². The first-order chi connectivity index (χ1) is 13.2. The fourth-order valence-corrected chi connectivity index (χ4v) is 4.23. The molecule has 4 heteroatoms. The van der Waals surface area contributed by atoms with Gasteiger partial charge in [0.1, 0.15) is 0 Å². The normalized spacial score (nSPS) is 20.5. The first kappa shape index (κ1) is 17.8. The van der Waals surface area contributed by atoms with Gasteiger partial charge < -0.3 is 0 Å². The maximum atomic E-state index is 4.76. The van der Waals surface area contributed by atoms with Crippen molar-refractivity contribution < 1.29 is 0 Å². The Hall–Kier alpha value is -2.59. The molecule has 0 unspecified atom stereocenters. The molecule has 4 nitrogen and oxygen atoms in total. The van der Waals surface area contributed by atoms with Crippen molar-refractivity contribution in [2.45, 2.75) is 51.7 Å². The van der Waals surface area contributed by atoms with Crippen molar-refractivity contribution in [3.05, 3.63) is 89.3 Å². The Kier molecular flexibility index (Phi) is 5.26. The Bertz CT molecular complexity index is 840. The molecule has 0 saturated carbocycles. The zero-order valence-corrected chi connectivity index (χ0v) is 16.0. The number of piperidine rings is 1. The molecule has 0 aliphatic carbocycles. The molecule has 1 saturated heterocycles. The Morgan fingerprint density at radius 1 is 0.778 bits per heavy atom. The van der Waals surface area contributed by atoms with Gasteiger partial charge in [-0.15, -0.1) is 0 Å². The van der Waals surface area contributed by atoms with Gasteiger partial charge in [-0.3, -0.25) is 19.9 Å². The number of aromatic nitrogens is 3. The van der Waals surface area contributed by atoms with Crippen molar-refractivity contribution in [1.29, 1.82) is 0 Å². The summed E-state index contributed by atoms with van der Waals surface area (Å²) in [5.74, 6) is 0. The molecule has 0 spiro atoms. The number of likely N-dealkylation sites (tertiary alicyclic amines) is 1. The van der Waals surface area contributed by atoms with E-state index in [9.17, 15) is 0 Å². The van der Waals surface area contributed by atoms with Crippen LogP contribution in [0.3, 0.4) is 0 Å². The molecule has 3 aromatic rings. The largest absolute Gasteiger partial charge is 0.280 e. The van der Waals surface area contributed by atoms with Gasteiger partial charge in [-0.1, -0.05) is 18.2 Å². The predicted molar refractivity (Wildman–Crippen MR) is 107 cm³/mol. The lowest BCUT2D eigenvalue weighted by molar-refractivity contribution is 0.0665. The lowest BCUT2D eigenvalue weighted by atomic mass is 9.88. The molecular weight excluding hydrogens is 332 g/mol. The summed E-state index contributed by atoms with van der Waals surface area (Å²) in [6.07, 6.45) is 9.12. The van der Waals surface area contributed by atoms with Crippen LogP contribution in [0.5, 0.6) is 0 Å². The van der Waals surface area contributed by atoms with E-state index in [-0.39, 0.29) is 12.1 Å². The highest BCUT2D eigenvalue weighted by atomic mass is 15.2. The zero-order chi connectivity index (χ0) is 18.6. The second kappa shape index (κ2) is 7.97. The van der Waals surface area contributed by atoms with E-state index in [1.807, 2.05) is 36.8 Å². The average Bonchev–Trinajstić information content (AvgIpc) is 2.70. The molecule has 1 aliphatic rings. The Balaban J connectivity index is 1.76. The molecule has 0 N–H and O–H groups in total. The fraction of sp³-hybridized carbons (Fsp3) is 0.348. The average molecular weight is 358 g/mol. The van der Waals surface area contributed by atoms with Gasteiger partial charge >= 0.3 is 0 Å². The maximum Gasteiger partial charge on any atom is 0.0604 e. The topological polar surface area (TPSA) is 41.9 Å². The highest BCUT2D eigenvalue weighted by molar-refractivity contribution is 5.26. The third kappa shape index (κ3) is 3.76. The van der Waals surface area contributed by atoms with E-state index in [1.165, 1.54) is 28.9 Å². The number of nitrogens with zero attached hydrogens (tertiary/aromatic N) is 4. The Morgan fingerprint density at radius 2 is 1.37 bits per heavy atom. The smallest absolute Gasteiger partial charge is 0.0604 e. The lowest BCUT2D eigenvalue weighted by Crippen LogP contribution is -2.37. The van der Waals surface area contributed by atoms with Crippen LogP contribution in [0.4, 0.5) is 0 Å². The molecule has 138 valence electrons. The minimum absolute atomic E-state index is 0.286. The van der Waals surface area contributed by atoms with Crippen LogP contribution in [0.1, 0.15) is 59.6 Å². The Morgan fingerprint density at radius 3 is 1.89 bits per heavy atom. The second-order valence-corrected chi connectivity index (χ2v) is 7.37. The van der Waals surface area contributed by atoms with Crippen molar-refractivity contribution in [2.75, 3.05) is 0 Å². The van der Waals surface area contributed by atoms with Crippen molar-refractivity contribution >= 4 is 0 Å². The van der Waals surface area contributed by atoms with Gasteiger partial charge in [0, 0.05) is 25.1 Å². The number of pyridine rings is 3. The number of aryl methyl sites for hydroxylation is 2. The summed E-state index contributed by atoms with van der Waals surface area (Å²) < 4.78 is 0. The van der Waals surface area contributed by atoms with Gasteiger partial charge in [-0.2, -0.15) is 0 Å². The summed E-state index contributed by atoms with van der Waals surface area (Å²) in [7, 11) is 0. The van der Waals surface area contributed by atoms with E-state index in [0.29, 0.717) is 0 Å². The van der Waals surface area contributed by atoms with Crippen molar-refractivity contribution in [3.8, 4) is 0 Å². The van der Waals surface area contributed by atoms with Gasteiger partial charge in [0.2, 0.25) is 0 Å². The number of hydrogen-bond donors (Lipinski definition) is 0. The predicted octanol–water partition coefficient (Wildman–Crippen LogP) is 4.96. The molecule has 2 atom stereocenters. The molecule has 4 heterocycles. The molecule has 4 rings (SSSR count). The van der Waals surface area contributed by atoms with Crippen LogP contribution < -0.4 is 0 Å². The molecule has 27 heavy (non-hydrogen) atoms. The summed E-state index contributed by atoms with van der Waals surface area (Å²) in [6, 6.07) is 15.1.